The Morgan fingerprint density at radius 2 is 1.89 bits per heavy atom. The number of carbonyl (C=O) groups excluding carboxylic acids is 1. The monoisotopic (exact) mass is 278 g/mol. The van der Waals surface area contributed by atoms with E-state index < -0.39 is 0 Å². The number of primary amides is 1. The van der Waals surface area contributed by atoms with Crippen molar-refractivity contribution in [3.8, 4) is 0 Å². The number of benzene rings is 1. The van der Waals surface area contributed by atoms with E-state index in [1.54, 1.807) is 0 Å². The number of piperidine rings is 1. The van der Waals surface area contributed by atoms with Crippen LogP contribution in [0.2, 0.25) is 0 Å². The Morgan fingerprint density at radius 3 is 2.47 bits per heavy atom. The number of para-hydroxylation sites is 2. The lowest BCUT2D eigenvalue weighted by Gasteiger charge is -2.33. The minimum Gasteiger partial charge on any atom is -0.376 e. The van der Waals surface area contributed by atoms with Gasteiger partial charge in [-0.2, -0.15) is 0 Å². The second kappa shape index (κ2) is 5.88. The summed E-state index contributed by atoms with van der Waals surface area (Å²) in [6.45, 7) is 1.62. The Bertz CT molecular complexity index is 483. The normalized spacial score (nSPS) is 16.1. The summed E-state index contributed by atoms with van der Waals surface area (Å²) in [5, 5.41) is 3.23. The fraction of sp³-hybridized carbons (Fsp3) is 0.385. The van der Waals surface area contributed by atoms with E-state index in [-0.39, 0.29) is 16.9 Å². The molecule has 5 N–H and O–H groups in total. The van der Waals surface area contributed by atoms with Gasteiger partial charge in [0, 0.05) is 19.0 Å². The summed E-state index contributed by atoms with van der Waals surface area (Å²) in [6, 6.07) is 7.86. The van der Waals surface area contributed by atoms with E-state index in [0.717, 1.165) is 37.3 Å². The van der Waals surface area contributed by atoms with Gasteiger partial charge < -0.3 is 21.7 Å². The quantitative estimate of drug-likeness (QED) is 0.720. The summed E-state index contributed by atoms with van der Waals surface area (Å²) in [4.78, 5) is 13.4. The largest absolute Gasteiger partial charge is 0.376 e. The lowest BCUT2D eigenvalue weighted by Crippen LogP contribution is -2.39. The zero-order valence-corrected chi connectivity index (χ0v) is 11.5. The van der Waals surface area contributed by atoms with E-state index in [1.807, 2.05) is 24.3 Å². The molecule has 1 fully saturated rings. The van der Waals surface area contributed by atoms with E-state index in [2.05, 4.69) is 10.2 Å². The topological polar surface area (TPSA) is 84.4 Å². The average Bonchev–Trinajstić information content (AvgIpc) is 2.39. The molecule has 0 bridgehead atoms. The van der Waals surface area contributed by atoms with Crippen LogP contribution in [0.5, 0.6) is 0 Å². The van der Waals surface area contributed by atoms with Crippen LogP contribution in [0.1, 0.15) is 12.8 Å². The number of nitrogens with zero attached hydrogens (tertiary/aromatic N) is 1. The molecule has 5 nitrogen and oxygen atoms in total. The molecule has 0 aliphatic carbocycles. The first kappa shape index (κ1) is 13.6. The van der Waals surface area contributed by atoms with Crippen molar-refractivity contribution in [2.75, 3.05) is 23.3 Å². The van der Waals surface area contributed by atoms with Crippen molar-refractivity contribution in [3.63, 3.8) is 0 Å². The van der Waals surface area contributed by atoms with Gasteiger partial charge in [0.15, 0.2) is 5.11 Å². The number of nitrogens with two attached hydrogens (primary N) is 2. The third kappa shape index (κ3) is 3.35. The van der Waals surface area contributed by atoms with Crippen LogP contribution in [0, 0.1) is 5.92 Å². The Hall–Kier alpha value is -1.82. The number of hydrogen-bond donors (Lipinski definition) is 3. The highest BCUT2D eigenvalue weighted by Crippen LogP contribution is 2.29. The molecule has 1 aliphatic rings. The lowest BCUT2D eigenvalue weighted by atomic mass is 9.96. The minimum atomic E-state index is -0.200. The highest BCUT2D eigenvalue weighted by molar-refractivity contribution is 7.80. The van der Waals surface area contributed by atoms with Gasteiger partial charge in [-0.3, -0.25) is 4.79 Å². The molecule has 0 saturated carbocycles. The lowest BCUT2D eigenvalue weighted by molar-refractivity contribution is -0.122. The number of thiocarbonyl (C=S) groups is 1. The van der Waals surface area contributed by atoms with Crippen LogP contribution >= 0.6 is 12.2 Å². The standard InChI is InChI=1S/C13H18N4OS/c14-12(18)9-5-7-17(8-6-9)11-4-2-1-3-10(11)16-13(15)19/h1-4,9H,5-8H2,(H2,14,18)(H3,15,16,19). The molecule has 0 spiro atoms. The van der Waals surface area contributed by atoms with Gasteiger partial charge in [-0.25, -0.2) is 0 Å². The molecular weight excluding hydrogens is 260 g/mol. The second-order valence-electron chi connectivity index (χ2n) is 4.67. The fourth-order valence-electron chi connectivity index (χ4n) is 2.39. The second-order valence-corrected chi connectivity index (χ2v) is 5.11. The predicted octanol–water partition coefficient (Wildman–Crippen LogP) is 1.04. The molecule has 1 amide bonds. The van der Waals surface area contributed by atoms with E-state index in [0.29, 0.717) is 0 Å². The van der Waals surface area contributed by atoms with Crippen LogP contribution in [0.25, 0.3) is 0 Å². The van der Waals surface area contributed by atoms with Crippen LogP contribution in [0.4, 0.5) is 11.4 Å². The van der Waals surface area contributed by atoms with Crippen LogP contribution in [0.15, 0.2) is 24.3 Å². The number of hydrogen-bond acceptors (Lipinski definition) is 3. The Kier molecular flexibility index (Phi) is 4.21. The molecule has 1 heterocycles. The minimum absolute atomic E-state index is 0.00745. The Balaban J connectivity index is 2.11. The van der Waals surface area contributed by atoms with Gasteiger partial charge in [-0.05, 0) is 37.2 Å². The zero-order valence-electron chi connectivity index (χ0n) is 10.6. The molecule has 0 unspecified atom stereocenters. The molecule has 1 aliphatic heterocycles. The fourth-order valence-corrected chi connectivity index (χ4v) is 2.50. The molecule has 0 radical (unpaired) electrons. The van der Waals surface area contributed by atoms with E-state index in [1.165, 1.54) is 0 Å². The number of carbonyl (C=O) groups is 1. The number of amides is 1. The molecule has 1 aromatic carbocycles. The summed E-state index contributed by atoms with van der Waals surface area (Å²) in [5.74, 6) is -0.207. The third-order valence-electron chi connectivity index (χ3n) is 3.40. The van der Waals surface area contributed by atoms with E-state index in [9.17, 15) is 4.79 Å². The Labute approximate surface area is 117 Å². The smallest absolute Gasteiger partial charge is 0.220 e. The number of rotatable bonds is 3. The first-order chi connectivity index (χ1) is 9.08. The van der Waals surface area contributed by atoms with Gasteiger partial charge in [0.05, 0.1) is 11.4 Å². The van der Waals surface area contributed by atoms with E-state index >= 15 is 0 Å². The summed E-state index contributed by atoms with van der Waals surface area (Å²) in [7, 11) is 0. The third-order valence-corrected chi connectivity index (χ3v) is 3.50. The van der Waals surface area contributed by atoms with Gasteiger partial charge in [-0.1, -0.05) is 12.1 Å². The van der Waals surface area contributed by atoms with Gasteiger partial charge in [0.1, 0.15) is 0 Å². The maximum atomic E-state index is 11.2. The molecular formula is C13H18N4OS. The van der Waals surface area contributed by atoms with Crippen molar-refractivity contribution in [3.05, 3.63) is 24.3 Å². The highest BCUT2D eigenvalue weighted by atomic mass is 32.1. The summed E-state index contributed by atoms with van der Waals surface area (Å²) < 4.78 is 0. The molecule has 1 saturated heterocycles. The van der Waals surface area contributed by atoms with Crippen molar-refractivity contribution in [2.24, 2.45) is 17.4 Å². The predicted molar refractivity (Wildman–Crippen MR) is 81.0 cm³/mol. The van der Waals surface area contributed by atoms with Gasteiger partial charge >= 0.3 is 0 Å². The number of nitrogens with one attached hydrogen (secondary N) is 1. The highest BCUT2D eigenvalue weighted by Gasteiger charge is 2.24. The van der Waals surface area contributed by atoms with Crippen LogP contribution in [-0.2, 0) is 4.79 Å². The van der Waals surface area contributed by atoms with Crippen molar-refractivity contribution in [2.45, 2.75) is 12.8 Å². The molecule has 102 valence electrons. The molecule has 0 atom stereocenters. The molecule has 2 rings (SSSR count). The summed E-state index contributed by atoms with van der Waals surface area (Å²) in [6.07, 6.45) is 1.58. The first-order valence-electron chi connectivity index (χ1n) is 6.27. The molecule has 0 aromatic heterocycles. The summed E-state index contributed by atoms with van der Waals surface area (Å²) in [5.41, 5.74) is 12.8. The molecule has 6 heteroatoms. The maximum absolute atomic E-state index is 11.2. The number of anilines is 2. The first-order valence-corrected chi connectivity index (χ1v) is 6.68. The van der Waals surface area contributed by atoms with E-state index in [4.69, 9.17) is 23.7 Å². The van der Waals surface area contributed by atoms with Crippen LogP contribution < -0.4 is 21.7 Å². The van der Waals surface area contributed by atoms with Crippen molar-refractivity contribution < 1.29 is 4.79 Å². The van der Waals surface area contributed by atoms with Crippen molar-refractivity contribution in [1.82, 2.24) is 0 Å². The Morgan fingerprint density at radius 1 is 1.26 bits per heavy atom. The SMILES string of the molecule is NC(=O)C1CCN(c2ccccc2NC(N)=S)CC1. The maximum Gasteiger partial charge on any atom is 0.220 e. The van der Waals surface area contributed by atoms with Gasteiger partial charge in [0.25, 0.3) is 0 Å². The van der Waals surface area contributed by atoms with Crippen molar-refractivity contribution in [1.29, 1.82) is 0 Å². The molecule has 1 aromatic rings. The van der Waals surface area contributed by atoms with Gasteiger partial charge in [-0.15, -0.1) is 0 Å². The van der Waals surface area contributed by atoms with Gasteiger partial charge in [0.2, 0.25) is 5.91 Å². The van der Waals surface area contributed by atoms with Crippen molar-refractivity contribution >= 4 is 34.6 Å². The zero-order chi connectivity index (χ0) is 13.8. The van der Waals surface area contributed by atoms with Crippen LogP contribution in [-0.4, -0.2) is 24.1 Å². The average molecular weight is 278 g/mol. The van der Waals surface area contributed by atoms with Crippen LogP contribution in [0.3, 0.4) is 0 Å². The molecule has 19 heavy (non-hydrogen) atoms. The summed E-state index contributed by atoms with van der Waals surface area (Å²) >= 11 is 4.88.